The first-order valence-corrected chi connectivity index (χ1v) is 6.10. The van der Waals surface area contributed by atoms with Crippen LogP contribution < -0.4 is 11.1 Å². The standard InChI is InChI=1S/C12H20N4O/c1-9-2-4-12(8-17,5-3-9)16-11-14-6-10(13)7-15-11/h6-7,9,17H,2-5,8,13H2,1H3,(H,14,15,16). The molecule has 0 unspecified atom stereocenters. The molecule has 0 atom stereocenters. The highest BCUT2D eigenvalue weighted by atomic mass is 16.3. The summed E-state index contributed by atoms with van der Waals surface area (Å²) >= 11 is 0. The highest BCUT2D eigenvalue weighted by Gasteiger charge is 2.34. The van der Waals surface area contributed by atoms with Gasteiger partial charge in [0.25, 0.3) is 0 Å². The summed E-state index contributed by atoms with van der Waals surface area (Å²) in [6.07, 6.45) is 7.32. The molecule has 1 fully saturated rings. The number of rotatable bonds is 3. The Kier molecular flexibility index (Phi) is 3.47. The molecule has 2 rings (SSSR count). The zero-order valence-corrected chi connectivity index (χ0v) is 10.2. The highest BCUT2D eigenvalue weighted by molar-refractivity contribution is 5.37. The van der Waals surface area contributed by atoms with Gasteiger partial charge in [0, 0.05) is 0 Å². The maximum Gasteiger partial charge on any atom is 0.223 e. The van der Waals surface area contributed by atoms with Crippen molar-refractivity contribution in [1.82, 2.24) is 9.97 Å². The molecule has 1 aromatic rings. The van der Waals surface area contributed by atoms with Crippen LogP contribution in [0.2, 0.25) is 0 Å². The van der Waals surface area contributed by atoms with Gasteiger partial charge in [-0.3, -0.25) is 0 Å². The normalized spacial score (nSPS) is 28.9. The first-order valence-electron chi connectivity index (χ1n) is 6.10. The minimum Gasteiger partial charge on any atom is -0.396 e. The van der Waals surface area contributed by atoms with E-state index in [2.05, 4.69) is 22.2 Å². The first-order chi connectivity index (χ1) is 8.13. The molecule has 1 aliphatic carbocycles. The molecule has 0 radical (unpaired) electrons. The van der Waals surface area contributed by atoms with Crippen LogP contribution in [-0.4, -0.2) is 27.2 Å². The zero-order chi connectivity index (χ0) is 12.3. The molecular weight excluding hydrogens is 216 g/mol. The van der Waals surface area contributed by atoms with Crippen molar-refractivity contribution in [3.63, 3.8) is 0 Å². The molecule has 94 valence electrons. The van der Waals surface area contributed by atoms with Crippen molar-refractivity contribution in [2.24, 2.45) is 5.92 Å². The summed E-state index contributed by atoms with van der Waals surface area (Å²) in [4.78, 5) is 8.25. The van der Waals surface area contributed by atoms with Crippen LogP contribution in [-0.2, 0) is 0 Å². The second kappa shape index (κ2) is 4.87. The Hall–Kier alpha value is -1.36. The minimum absolute atomic E-state index is 0.119. The molecule has 0 spiro atoms. The Morgan fingerprint density at radius 3 is 2.53 bits per heavy atom. The molecule has 5 nitrogen and oxygen atoms in total. The van der Waals surface area contributed by atoms with Gasteiger partial charge in [0.1, 0.15) is 0 Å². The number of hydrogen-bond acceptors (Lipinski definition) is 5. The Balaban J connectivity index is 2.06. The third-order valence-electron chi connectivity index (χ3n) is 3.58. The van der Waals surface area contributed by atoms with Gasteiger partial charge in [-0.05, 0) is 31.6 Å². The maximum absolute atomic E-state index is 9.60. The van der Waals surface area contributed by atoms with Gasteiger partial charge >= 0.3 is 0 Å². The van der Waals surface area contributed by atoms with Gasteiger partial charge in [0.2, 0.25) is 5.95 Å². The van der Waals surface area contributed by atoms with E-state index in [0.29, 0.717) is 11.6 Å². The molecule has 0 amide bonds. The summed E-state index contributed by atoms with van der Waals surface area (Å²) < 4.78 is 0. The third-order valence-corrected chi connectivity index (χ3v) is 3.58. The van der Waals surface area contributed by atoms with E-state index in [1.807, 2.05) is 0 Å². The van der Waals surface area contributed by atoms with Gasteiger partial charge in [0.05, 0.1) is 30.2 Å². The Labute approximate surface area is 101 Å². The van der Waals surface area contributed by atoms with Crippen LogP contribution in [0.25, 0.3) is 0 Å². The second-order valence-electron chi connectivity index (χ2n) is 5.09. The van der Waals surface area contributed by atoms with Crippen LogP contribution in [0.4, 0.5) is 11.6 Å². The molecule has 1 aromatic heterocycles. The number of aliphatic hydroxyl groups excluding tert-OH is 1. The van der Waals surface area contributed by atoms with Crippen molar-refractivity contribution < 1.29 is 5.11 Å². The molecule has 0 aliphatic heterocycles. The highest BCUT2D eigenvalue weighted by Crippen LogP contribution is 2.33. The molecule has 1 saturated carbocycles. The summed E-state index contributed by atoms with van der Waals surface area (Å²) in [5, 5.41) is 12.9. The lowest BCUT2D eigenvalue weighted by atomic mass is 9.77. The number of anilines is 2. The Morgan fingerprint density at radius 2 is 2.00 bits per heavy atom. The molecule has 1 aliphatic rings. The smallest absolute Gasteiger partial charge is 0.223 e. The van der Waals surface area contributed by atoms with Gasteiger partial charge in [-0.2, -0.15) is 0 Å². The molecule has 1 heterocycles. The molecule has 0 aromatic carbocycles. The van der Waals surface area contributed by atoms with Crippen molar-refractivity contribution in [3.05, 3.63) is 12.4 Å². The lowest BCUT2D eigenvalue weighted by Crippen LogP contribution is -2.45. The predicted octanol–water partition coefficient (Wildman–Crippen LogP) is 1.41. The number of nitrogen functional groups attached to an aromatic ring is 1. The lowest BCUT2D eigenvalue weighted by Gasteiger charge is -2.38. The van der Waals surface area contributed by atoms with E-state index in [4.69, 9.17) is 5.73 Å². The lowest BCUT2D eigenvalue weighted by molar-refractivity contribution is 0.154. The number of hydrogen-bond donors (Lipinski definition) is 3. The van der Waals surface area contributed by atoms with E-state index in [-0.39, 0.29) is 12.1 Å². The Bertz CT molecular complexity index is 357. The minimum atomic E-state index is -0.261. The number of nitrogens with one attached hydrogen (secondary N) is 1. The van der Waals surface area contributed by atoms with Gasteiger partial charge in [0.15, 0.2) is 0 Å². The van der Waals surface area contributed by atoms with Crippen molar-refractivity contribution >= 4 is 11.6 Å². The third kappa shape index (κ3) is 2.85. The molecule has 17 heavy (non-hydrogen) atoms. The van der Waals surface area contributed by atoms with Crippen LogP contribution in [0.15, 0.2) is 12.4 Å². The fraction of sp³-hybridized carbons (Fsp3) is 0.667. The quantitative estimate of drug-likeness (QED) is 0.739. The summed E-state index contributed by atoms with van der Waals surface area (Å²) in [5.74, 6) is 1.28. The van der Waals surface area contributed by atoms with Gasteiger partial charge in [-0.1, -0.05) is 6.92 Å². The number of aliphatic hydroxyl groups is 1. The SMILES string of the molecule is CC1CCC(CO)(Nc2ncc(N)cn2)CC1. The molecule has 0 saturated heterocycles. The van der Waals surface area contributed by atoms with E-state index in [0.717, 1.165) is 31.6 Å². The number of aromatic nitrogens is 2. The fourth-order valence-electron chi connectivity index (χ4n) is 2.28. The van der Waals surface area contributed by atoms with Crippen LogP contribution in [0.3, 0.4) is 0 Å². The maximum atomic E-state index is 9.60. The van der Waals surface area contributed by atoms with E-state index in [9.17, 15) is 5.11 Å². The topological polar surface area (TPSA) is 84.1 Å². The number of nitrogens with two attached hydrogens (primary N) is 1. The summed E-state index contributed by atoms with van der Waals surface area (Å²) in [7, 11) is 0. The van der Waals surface area contributed by atoms with E-state index >= 15 is 0 Å². The average Bonchev–Trinajstić information content (AvgIpc) is 2.35. The van der Waals surface area contributed by atoms with E-state index < -0.39 is 0 Å². The van der Waals surface area contributed by atoms with Crippen LogP contribution in [0, 0.1) is 5.92 Å². The van der Waals surface area contributed by atoms with Crippen molar-refractivity contribution in [2.75, 3.05) is 17.7 Å². The molecular formula is C12H20N4O. The molecule has 5 heteroatoms. The zero-order valence-electron chi connectivity index (χ0n) is 10.2. The first kappa shape index (κ1) is 12.1. The van der Waals surface area contributed by atoms with Crippen molar-refractivity contribution in [2.45, 2.75) is 38.1 Å². The monoisotopic (exact) mass is 236 g/mol. The summed E-state index contributed by atoms with van der Waals surface area (Å²) in [6, 6.07) is 0. The summed E-state index contributed by atoms with van der Waals surface area (Å²) in [5.41, 5.74) is 5.83. The average molecular weight is 236 g/mol. The number of nitrogens with zero attached hydrogens (tertiary/aromatic N) is 2. The predicted molar refractivity (Wildman–Crippen MR) is 67.5 cm³/mol. The van der Waals surface area contributed by atoms with Gasteiger partial charge < -0.3 is 16.2 Å². The summed E-state index contributed by atoms with van der Waals surface area (Å²) in [6.45, 7) is 2.37. The van der Waals surface area contributed by atoms with Crippen molar-refractivity contribution in [1.29, 1.82) is 0 Å². The van der Waals surface area contributed by atoms with Crippen LogP contribution in [0.1, 0.15) is 32.6 Å². The van der Waals surface area contributed by atoms with E-state index in [1.54, 1.807) is 12.4 Å². The van der Waals surface area contributed by atoms with E-state index in [1.165, 1.54) is 0 Å². The Morgan fingerprint density at radius 1 is 1.41 bits per heavy atom. The second-order valence-corrected chi connectivity index (χ2v) is 5.09. The largest absolute Gasteiger partial charge is 0.396 e. The van der Waals surface area contributed by atoms with Crippen molar-refractivity contribution in [3.8, 4) is 0 Å². The molecule has 0 bridgehead atoms. The molecule has 4 N–H and O–H groups in total. The fourth-order valence-corrected chi connectivity index (χ4v) is 2.28. The van der Waals surface area contributed by atoms with Gasteiger partial charge in [-0.15, -0.1) is 0 Å². The van der Waals surface area contributed by atoms with Crippen LogP contribution in [0.5, 0.6) is 0 Å². The van der Waals surface area contributed by atoms with Gasteiger partial charge in [-0.25, -0.2) is 9.97 Å². The van der Waals surface area contributed by atoms with Crippen LogP contribution >= 0.6 is 0 Å².